The first kappa shape index (κ1) is 17.5. The number of aryl methyl sites for hydroxylation is 1. The second kappa shape index (κ2) is 6.21. The molecule has 0 atom stereocenters. The van der Waals surface area contributed by atoms with Gasteiger partial charge in [0, 0.05) is 30.4 Å². The molecule has 0 spiro atoms. The van der Waals surface area contributed by atoms with Crippen LogP contribution in [0.5, 0.6) is 0 Å². The summed E-state index contributed by atoms with van der Waals surface area (Å²) in [6.07, 6.45) is 0.640. The molecule has 0 fully saturated rings. The molecule has 0 unspecified atom stereocenters. The average Bonchev–Trinajstić information content (AvgIpc) is 2.73. The van der Waals surface area contributed by atoms with E-state index in [1.807, 2.05) is 85.3 Å². The van der Waals surface area contributed by atoms with Crippen LogP contribution in [-0.2, 0) is 6.42 Å². The minimum atomic E-state index is -0.0145. The Labute approximate surface area is 166 Å². The molecule has 29 heavy (non-hydrogen) atoms. The summed E-state index contributed by atoms with van der Waals surface area (Å²) in [6, 6.07) is 17.0. The minimum absolute atomic E-state index is 0.000913. The van der Waals surface area contributed by atoms with Gasteiger partial charge in [-0.25, -0.2) is 0 Å². The fourth-order valence-electron chi connectivity index (χ4n) is 4.45. The molecule has 5 aromatic rings. The second-order valence-corrected chi connectivity index (χ2v) is 7.53. The lowest BCUT2D eigenvalue weighted by Gasteiger charge is -2.25. The van der Waals surface area contributed by atoms with Crippen LogP contribution < -0.4 is 15.9 Å². The monoisotopic (exact) mass is 383 g/mol. The Balaban J connectivity index is 2.17. The van der Waals surface area contributed by atoms with Crippen LogP contribution in [-0.4, -0.2) is 23.8 Å². The van der Waals surface area contributed by atoms with Crippen molar-refractivity contribution in [3.05, 3.63) is 80.6 Å². The predicted molar refractivity (Wildman–Crippen MR) is 121 cm³/mol. The standard InChI is InChI=1S/C24H21N3O2/c1-4-14-21-19(25-18-11-7-5-9-15(18)24(21)29)13-17-22(14)27(26(2)3)20-12-8-6-10-16(20)23(17)28/h5-13H,4H2,1-3H3,(H,25,29). The average molecular weight is 383 g/mol. The number of H-pyrrole nitrogens is 1. The molecule has 5 nitrogen and oxygen atoms in total. The van der Waals surface area contributed by atoms with Crippen molar-refractivity contribution in [1.29, 1.82) is 0 Å². The molecule has 1 N–H and O–H groups in total. The summed E-state index contributed by atoms with van der Waals surface area (Å²) >= 11 is 0. The molecule has 0 aliphatic heterocycles. The van der Waals surface area contributed by atoms with Crippen LogP contribution in [0.3, 0.4) is 0 Å². The Morgan fingerprint density at radius 2 is 1.55 bits per heavy atom. The van der Waals surface area contributed by atoms with Crippen molar-refractivity contribution in [2.45, 2.75) is 13.3 Å². The van der Waals surface area contributed by atoms with E-state index in [2.05, 4.69) is 4.98 Å². The lowest BCUT2D eigenvalue weighted by atomic mass is 9.98. The Kier molecular flexibility index (Phi) is 3.74. The SMILES string of the molecule is CCc1c2c(=O)c3ccccc3[nH]c2cc2c(=O)c3ccccc3n(N(C)C)c12. The van der Waals surface area contributed by atoms with E-state index >= 15 is 0 Å². The minimum Gasteiger partial charge on any atom is -0.354 e. The maximum Gasteiger partial charge on any atom is 0.197 e. The molecule has 2 heterocycles. The van der Waals surface area contributed by atoms with Gasteiger partial charge in [0.25, 0.3) is 0 Å². The summed E-state index contributed by atoms with van der Waals surface area (Å²) in [6.45, 7) is 2.03. The van der Waals surface area contributed by atoms with Gasteiger partial charge >= 0.3 is 0 Å². The van der Waals surface area contributed by atoms with Crippen molar-refractivity contribution in [3.8, 4) is 0 Å². The molecular weight excluding hydrogens is 362 g/mol. The highest BCUT2D eigenvalue weighted by molar-refractivity contribution is 6.06. The molecule has 0 aliphatic carbocycles. The Hall–Kier alpha value is -3.60. The van der Waals surface area contributed by atoms with Gasteiger partial charge in [-0.1, -0.05) is 31.2 Å². The van der Waals surface area contributed by atoms with Crippen LogP contribution in [0, 0.1) is 0 Å². The van der Waals surface area contributed by atoms with Gasteiger partial charge in [-0.05, 0) is 42.3 Å². The van der Waals surface area contributed by atoms with Crippen molar-refractivity contribution in [2.75, 3.05) is 19.1 Å². The zero-order valence-electron chi connectivity index (χ0n) is 16.6. The molecule has 3 aromatic carbocycles. The molecule has 5 heteroatoms. The summed E-state index contributed by atoms with van der Waals surface area (Å²) in [5.74, 6) is 0. The maximum atomic E-state index is 13.4. The van der Waals surface area contributed by atoms with E-state index in [1.54, 1.807) is 0 Å². The van der Waals surface area contributed by atoms with Crippen LogP contribution in [0.1, 0.15) is 12.5 Å². The topological polar surface area (TPSA) is 58.1 Å². The number of nitrogens with zero attached hydrogens (tertiary/aromatic N) is 2. The third-order valence-electron chi connectivity index (χ3n) is 5.66. The molecule has 0 saturated carbocycles. The summed E-state index contributed by atoms with van der Waals surface area (Å²) < 4.78 is 2.04. The number of rotatable bonds is 2. The summed E-state index contributed by atoms with van der Waals surface area (Å²) in [7, 11) is 3.90. The van der Waals surface area contributed by atoms with Gasteiger partial charge in [0.05, 0.1) is 27.3 Å². The van der Waals surface area contributed by atoms with Gasteiger partial charge in [0.1, 0.15) is 0 Å². The fourth-order valence-corrected chi connectivity index (χ4v) is 4.45. The Morgan fingerprint density at radius 3 is 2.28 bits per heavy atom. The highest BCUT2D eigenvalue weighted by Crippen LogP contribution is 2.29. The smallest absolute Gasteiger partial charge is 0.197 e. The summed E-state index contributed by atoms with van der Waals surface area (Å²) in [4.78, 5) is 30.2. The number of hydrogen-bond donors (Lipinski definition) is 1. The van der Waals surface area contributed by atoms with Crippen molar-refractivity contribution in [3.63, 3.8) is 0 Å². The van der Waals surface area contributed by atoms with Crippen LogP contribution in [0.25, 0.3) is 43.6 Å². The molecule has 0 radical (unpaired) electrons. The van der Waals surface area contributed by atoms with E-state index < -0.39 is 0 Å². The van der Waals surface area contributed by atoms with Gasteiger partial charge in [0.2, 0.25) is 0 Å². The summed E-state index contributed by atoms with van der Waals surface area (Å²) in [5, 5.41) is 4.56. The third kappa shape index (κ3) is 2.34. The molecule has 0 aliphatic rings. The maximum absolute atomic E-state index is 13.4. The molecule has 144 valence electrons. The van der Waals surface area contributed by atoms with Gasteiger partial charge in [-0.2, -0.15) is 0 Å². The first-order chi connectivity index (χ1) is 14.0. The van der Waals surface area contributed by atoms with Crippen LogP contribution in [0.4, 0.5) is 0 Å². The highest BCUT2D eigenvalue weighted by atomic mass is 16.1. The highest BCUT2D eigenvalue weighted by Gasteiger charge is 2.19. The zero-order valence-corrected chi connectivity index (χ0v) is 16.6. The van der Waals surface area contributed by atoms with Gasteiger partial charge < -0.3 is 9.99 Å². The van der Waals surface area contributed by atoms with Crippen molar-refractivity contribution < 1.29 is 0 Å². The normalized spacial score (nSPS) is 11.7. The molecule has 2 aromatic heterocycles. The van der Waals surface area contributed by atoms with Crippen molar-refractivity contribution in [2.24, 2.45) is 0 Å². The van der Waals surface area contributed by atoms with E-state index in [9.17, 15) is 9.59 Å². The lowest BCUT2D eigenvalue weighted by molar-refractivity contribution is 0.779. The number of hydrogen-bond acceptors (Lipinski definition) is 3. The number of pyridine rings is 2. The number of nitrogens with one attached hydrogen (secondary N) is 1. The number of aromatic nitrogens is 2. The predicted octanol–water partition coefficient (Wildman–Crippen LogP) is 3.91. The fraction of sp³-hybridized carbons (Fsp3) is 0.167. The molecule has 0 amide bonds. The first-order valence-electron chi connectivity index (χ1n) is 9.74. The largest absolute Gasteiger partial charge is 0.354 e. The van der Waals surface area contributed by atoms with E-state index in [0.717, 1.165) is 22.1 Å². The second-order valence-electron chi connectivity index (χ2n) is 7.53. The van der Waals surface area contributed by atoms with Gasteiger partial charge in [0.15, 0.2) is 10.9 Å². The number of para-hydroxylation sites is 2. The van der Waals surface area contributed by atoms with Gasteiger partial charge in [-0.3, -0.25) is 14.3 Å². The van der Waals surface area contributed by atoms with Crippen LogP contribution >= 0.6 is 0 Å². The van der Waals surface area contributed by atoms with Crippen LogP contribution in [0.2, 0.25) is 0 Å². The van der Waals surface area contributed by atoms with Crippen molar-refractivity contribution in [1.82, 2.24) is 9.66 Å². The van der Waals surface area contributed by atoms with E-state index in [1.165, 1.54) is 0 Å². The summed E-state index contributed by atoms with van der Waals surface area (Å²) in [5.41, 5.74) is 3.99. The van der Waals surface area contributed by atoms with Crippen LogP contribution in [0.15, 0.2) is 64.2 Å². The van der Waals surface area contributed by atoms with E-state index in [0.29, 0.717) is 33.5 Å². The van der Waals surface area contributed by atoms with E-state index in [4.69, 9.17) is 0 Å². The number of fused-ring (bicyclic) bond motifs is 4. The molecular formula is C24H21N3O2. The third-order valence-corrected chi connectivity index (χ3v) is 5.66. The quantitative estimate of drug-likeness (QED) is 0.470. The first-order valence-corrected chi connectivity index (χ1v) is 9.74. The number of benzene rings is 3. The van der Waals surface area contributed by atoms with Gasteiger partial charge in [-0.15, -0.1) is 0 Å². The molecule has 5 rings (SSSR count). The lowest BCUT2D eigenvalue weighted by Crippen LogP contribution is -2.29. The Bertz CT molecular complexity index is 1560. The molecule has 0 saturated heterocycles. The zero-order chi connectivity index (χ0) is 20.3. The van der Waals surface area contributed by atoms with E-state index in [-0.39, 0.29) is 10.9 Å². The Morgan fingerprint density at radius 1 is 0.862 bits per heavy atom. The molecule has 0 bridgehead atoms. The van der Waals surface area contributed by atoms with Crippen molar-refractivity contribution >= 4 is 43.6 Å². The number of aromatic amines is 1.